The zero-order valence-electron chi connectivity index (χ0n) is 14.5. The molecule has 2 aliphatic heterocycles. The second kappa shape index (κ2) is 7.59. The average molecular weight is 362 g/mol. The number of nitro benzene ring substituents is 1. The van der Waals surface area contributed by atoms with Gasteiger partial charge in [-0.3, -0.25) is 14.9 Å². The van der Waals surface area contributed by atoms with Crippen molar-refractivity contribution in [1.82, 2.24) is 14.7 Å². The molecule has 2 saturated heterocycles. The summed E-state index contributed by atoms with van der Waals surface area (Å²) >= 11 is 0. The molecule has 2 fully saturated rings. The lowest BCUT2D eigenvalue weighted by Gasteiger charge is -2.38. The van der Waals surface area contributed by atoms with Gasteiger partial charge in [0.2, 0.25) is 0 Å². The third-order valence-electron chi connectivity index (χ3n) is 4.88. The summed E-state index contributed by atoms with van der Waals surface area (Å²) in [5.74, 6) is -0.833. The molecule has 140 valence electrons. The molecule has 0 aromatic heterocycles. The Morgan fingerprint density at radius 2 is 1.50 bits per heavy atom. The Kier molecular flexibility index (Phi) is 5.24. The lowest BCUT2D eigenvalue weighted by atomic mass is 10.1. The number of phenols is 1. The monoisotopic (exact) mass is 362 g/mol. The van der Waals surface area contributed by atoms with Gasteiger partial charge in [-0.1, -0.05) is 0 Å². The first-order valence-electron chi connectivity index (χ1n) is 8.78. The van der Waals surface area contributed by atoms with E-state index in [1.54, 1.807) is 9.80 Å². The highest BCUT2D eigenvalue weighted by Gasteiger charge is 2.28. The highest BCUT2D eigenvalue weighted by Crippen LogP contribution is 2.27. The molecule has 2 aliphatic rings. The number of nitro groups is 1. The standard InChI is InChI=1S/C17H22N4O5/c22-15-12-13(4-5-14(15)21(25)26)16(23)18-8-10-20(11-9-18)17(24)19-6-2-1-3-7-19/h4-5,12,22H,1-3,6-11H2. The molecule has 0 spiro atoms. The van der Waals surface area contributed by atoms with Crippen molar-refractivity contribution in [2.24, 2.45) is 0 Å². The fraction of sp³-hybridized carbons (Fsp3) is 0.529. The van der Waals surface area contributed by atoms with E-state index in [4.69, 9.17) is 0 Å². The molecule has 0 aliphatic carbocycles. The zero-order chi connectivity index (χ0) is 18.7. The Morgan fingerprint density at radius 1 is 0.923 bits per heavy atom. The number of aromatic hydroxyl groups is 1. The van der Waals surface area contributed by atoms with E-state index in [1.165, 1.54) is 6.07 Å². The van der Waals surface area contributed by atoms with Crippen LogP contribution in [0.4, 0.5) is 10.5 Å². The van der Waals surface area contributed by atoms with Crippen molar-refractivity contribution in [3.8, 4) is 5.75 Å². The number of carbonyl (C=O) groups is 2. The molecule has 3 rings (SSSR count). The quantitative estimate of drug-likeness (QED) is 0.636. The first-order chi connectivity index (χ1) is 12.5. The number of likely N-dealkylation sites (tertiary alicyclic amines) is 1. The highest BCUT2D eigenvalue weighted by molar-refractivity contribution is 5.95. The van der Waals surface area contributed by atoms with Gasteiger partial charge in [-0.05, 0) is 31.4 Å². The first-order valence-corrected chi connectivity index (χ1v) is 8.78. The number of hydrogen-bond acceptors (Lipinski definition) is 5. The number of urea groups is 1. The molecule has 1 aromatic carbocycles. The van der Waals surface area contributed by atoms with Crippen molar-refractivity contribution in [1.29, 1.82) is 0 Å². The number of piperazine rings is 1. The number of hydrogen-bond donors (Lipinski definition) is 1. The molecule has 1 N–H and O–H groups in total. The van der Waals surface area contributed by atoms with Crippen molar-refractivity contribution in [2.45, 2.75) is 19.3 Å². The van der Waals surface area contributed by atoms with Gasteiger partial charge < -0.3 is 19.8 Å². The van der Waals surface area contributed by atoms with Crippen LogP contribution in [-0.2, 0) is 0 Å². The molecule has 9 nitrogen and oxygen atoms in total. The number of nitrogens with zero attached hydrogens (tertiary/aromatic N) is 4. The van der Waals surface area contributed by atoms with E-state index in [2.05, 4.69) is 0 Å². The third-order valence-corrected chi connectivity index (χ3v) is 4.88. The minimum absolute atomic E-state index is 0.0322. The second-order valence-corrected chi connectivity index (χ2v) is 6.57. The predicted octanol–water partition coefficient (Wildman–Crippen LogP) is 1.66. The average Bonchev–Trinajstić information content (AvgIpc) is 2.67. The first kappa shape index (κ1) is 18.0. The summed E-state index contributed by atoms with van der Waals surface area (Å²) in [6.07, 6.45) is 3.23. The van der Waals surface area contributed by atoms with Gasteiger partial charge in [0.1, 0.15) is 0 Å². The summed E-state index contributed by atoms with van der Waals surface area (Å²) in [5.41, 5.74) is -0.234. The molecular formula is C17H22N4O5. The van der Waals surface area contributed by atoms with Crippen LogP contribution < -0.4 is 0 Å². The second-order valence-electron chi connectivity index (χ2n) is 6.57. The predicted molar refractivity (Wildman–Crippen MR) is 93.1 cm³/mol. The Balaban J connectivity index is 1.59. The summed E-state index contributed by atoms with van der Waals surface area (Å²) in [6, 6.07) is 3.61. The van der Waals surface area contributed by atoms with Crippen LogP contribution in [-0.4, -0.2) is 75.9 Å². The number of benzene rings is 1. The van der Waals surface area contributed by atoms with Crippen LogP contribution in [0.1, 0.15) is 29.6 Å². The van der Waals surface area contributed by atoms with Gasteiger partial charge in [-0.2, -0.15) is 0 Å². The fourth-order valence-electron chi connectivity index (χ4n) is 3.38. The molecule has 3 amide bonds. The normalized spacial score (nSPS) is 17.9. The van der Waals surface area contributed by atoms with Crippen molar-refractivity contribution in [2.75, 3.05) is 39.3 Å². The van der Waals surface area contributed by atoms with Crippen LogP contribution in [0.2, 0.25) is 0 Å². The number of amides is 3. The van der Waals surface area contributed by atoms with Crippen molar-refractivity contribution >= 4 is 17.6 Å². The van der Waals surface area contributed by atoms with Gasteiger partial charge in [0.05, 0.1) is 4.92 Å². The topological polar surface area (TPSA) is 107 Å². The van der Waals surface area contributed by atoms with Gasteiger partial charge in [-0.25, -0.2) is 4.79 Å². The van der Waals surface area contributed by atoms with Crippen molar-refractivity contribution < 1.29 is 19.6 Å². The number of piperidine rings is 1. The molecule has 0 atom stereocenters. The fourth-order valence-corrected chi connectivity index (χ4v) is 3.38. The molecule has 0 radical (unpaired) electrons. The van der Waals surface area contributed by atoms with E-state index in [9.17, 15) is 24.8 Å². The van der Waals surface area contributed by atoms with Crippen molar-refractivity contribution in [3.63, 3.8) is 0 Å². The van der Waals surface area contributed by atoms with E-state index in [-0.39, 0.29) is 17.5 Å². The minimum atomic E-state index is -0.700. The van der Waals surface area contributed by atoms with Crippen LogP contribution in [0, 0.1) is 10.1 Å². The Bertz CT molecular complexity index is 709. The van der Waals surface area contributed by atoms with Gasteiger partial charge in [0.25, 0.3) is 5.91 Å². The lowest BCUT2D eigenvalue weighted by Crippen LogP contribution is -2.54. The van der Waals surface area contributed by atoms with E-state index < -0.39 is 16.4 Å². The van der Waals surface area contributed by atoms with E-state index in [0.717, 1.165) is 44.5 Å². The van der Waals surface area contributed by atoms with Crippen LogP contribution in [0.25, 0.3) is 0 Å². The molecule has 26 heavy (non-hydrogen) atoms. The maximum absolute atomic E-state index is 12.5. The molecule has 1 aromatic rings. The van der Waals surface area contributed by atoms with Gasteiger partial charge in [0.15, 0.2) is 5.75 Å². The number of carbonyl (C=O) groups excluding carboxylic acids is 2. The largest absolute Gasteiger partial charge is 0.502 e. The van der Waals surface area contributed by atoms with E-state index in [0.29, 0.717) is 26.2 Å². The molecule has 2 heterocycles. The Labute approximate surface area is 150 Å². The summed E-state index contributed by atoms with van der Waals surface area (Å²) in [7, 11) is 0. The maximum atomic E-state index is 12.5. The Morgan fingerprint density at radius 3 is 2.08 bits per heavy atom. The lowest BCUT2D eigenvalue weighted by molar-refractivity contribution is -0.385. The Hall–Kier alpha value is -2.84. The molecule has 0 saturated carbocycles. The highest BCUT2D eigenvalue weighted by atomic mass is 16.6. The summed E-state index contributed by atoms with van der Waals surface area (Å²) in [4.78, 5) is 40.3. The molecule has 0 bridgehead atoms. The smallest absolute Gasteiger partial charge is 0.320 e. The van der Waals surface area contributed by atoms with Crippen molar-refractivity contribution in [3.05, 3.63) is 33.9 Å². The van der Waals surface area contributed by atoms with Crippen LogP contribution in [0.3, 0.4) is 0 Å². The molecule has 9 heteroatoms. The van der Waals surface area contributed by atoms with E-state index in [1.807, 2.05) is 4.90 Å². The maximum Gasteiger partial charge on any atom is 0.320 e. The summed E-state index contributed by atoms with van der Waals surface area (Å²) in [6.45, 7) is 3.30. The van der Waals surface area contributed by atoms with Crippen LogP contribution in [0.15, 0.2) is 18.2 Å². The summed E-state index contributed by atoms with van der Waals surface area (Å²) < 4.78 is 0. The van der Waals surface area contributed by atoms with Crippen LogP contribution in [0.5, 0.6) is 5.75 Å². The third kappa shape index (κ3) is 3.71. The van der Waals surface area contributed by atoms with Gasteiger partial charge >= 0.3 is 11.7 Å². The summed E-state index contributed by atoms with van der Waals surface area (Å²) in [5, 5.41) is 20.4. The number of rotatable bonds is 2. The van der Waals surface area contributed by atoms with E-state index >= 15 is 0 Å². The number of phenolic OH excluding ortho intramolecular Hbond substituents is 1. The van der Waals surface area contributed by atoms with Gasteiger partial charge in [-0.15, -0.1) is 0 Å². The minimum Gasteiger partial charge on any atom is -0.502 e. The van der Waals surface area contributed by atoms with Gasteiger partial charge in [0, 0.05) is 50.9 Å². The van der Waals surface area contributed by atoms with Crippen LogP contribution >= 0.6 is 0 Å². The zero-order valence-corrected chi connectivity index (χ0v) is 14.5. The molecular weight excluding hydrogens is 340 g/mol. The SMILES string of the molecule is O=C(c1ccc([N+](=O)[O-])c(O)c1)N1CCN(C(=O)N2CCCCC2)CC1. The molecule has 0 unspecified atom stereocenters.